The van der Waals surface area contributed by atoms with Crippen LogP contribution in [0.1, 0.15) is 16.7 Å². The molecule has 43 heavy (non-hydrogen) atoms. The van der Waals surface area contributed by atoms with Crippen molar-refractivity contribution in [3.8, 4) is 22.9 Å². The number of aryl methyl sites for hydroxylation is 2. The monoisotopic (exact) mass is 584 g/mol. The lowest BCUT2D eigenvalue weighted by molar-refractivity contribution is 1.20. The van der Waals surface area contributed by atoms with Crippen LogP contribution in [0.2, 0.25) is 0 Å². The van der Waals surface area contributed by atoms with Gasteiger partial charge in [0.05, 0.1) is 31.7 Å². The highest BCUT2D eigenvalue weighted by atomic mass is 32.1. The molecule has 9 aromatic rings. The third kappa shape index (κ3) is 3.44. The Hall–Kier alpha value is -4.95. The molecule has 0 aliphatic carbocycles. The Balaban J connectivity index is 1.42. The number of hydrogen-bond acceptors (Lipinski definition) is 3. The Morgan fingerprint density at radius 3 is 2.00 bits per heavy atom. The largest absolute Gasteiger partial charge is 0.308 e. The predicted molar refractivity (Wildman–Crippen MR) is 186 cm³/mol. The highest BCUT2D eigenvalue weighted by Gasteiger charge is 2.21. The molecule has 3 heterocycles. The lowest BCUT2D eigenvalue weighted by atomic mass is 9.94. The summed E-state index contributed by atoms with van der Waals surface area (Å²) in [4.78, 5) is 0. The maximum Gasteiger partial charge on any atom is 0.101 e. The fraction of sp³-hybridized carbons (Fsp3) is 0.0513. The van der Waals surface area contributed by atoms with Gasteiger partial charge in [0.1, 0.15) is 6.07 Å². The van der Waals surface area contributed by atoms with E-state index >= 15 is 0 Å². The summed E-state index contributed by atoms with van der Waals surface area (Å²) in [5.74, 6) is 0. The summed E-state index contributed by atoms with van der Waals surface area (Å²) >= 11 is 3.58. The highest BCUT2D eigenvalue weighted by molar-refractivity contribution is 7.27. The normalized spacial score (nSPS) is 11.9. The van der Waals surface area contributed by atoms with E-state index in [1.807, 2.05) is 17.4 Å². The van der Waals surface area contributed by atoms with Crippen molar-refractivity contribution in [2.45, 2.75) is 13.8 Å². The average molecular weight is 585 g/mol. The van der Waals surface area contributed by atoms with Crippen LogP contribution < -0.4 is 0 Å². The van der Waals surface area contributed by atoms with E-state index in [0.717, 1.165) is 21.3 Å². The topological polar surface area (TPSA) is 28.7 Å². The van der Waals surface area contributed by atoms with Gasteiger partial charge >= 0.3 is 0 Å². The molecule has 0 atom stereocenters. The van der Waals surface area contributed by atoms with Gasteiger partial charge in [-0.1, -0.05) is 71.8 Å². The van der Waals surface area contributed by atoms with E-state index in [4.69, 9.17) is 0 Å². The zero-order valence-corrected chi connectivity index (χ0v) is 25.2. The Kier molecular flexibility index (Phi) is 5.17. The van der Waals surface area contributed by atoms with Crippen molar-refractivity contribution >= 4 is 84.8 Å². The molecule has 3 aromatic heterocycles. The third-order valence-electron chi connectivity index (χ3n) is 8.76. The fourth-order valence-electron chi connectivity index (χ4n) is 6.89. The van der Waals surface area contributed by atoms with Gasteiger partial charge < -0.3 is 4.57 Å². The van der Waals surface area contributed by atoms with Gasteiger partial charge in [-0.3, -0.25) is 0 Å². The van der Waals surface area contributed by atoms with Gasteiger partial charge in [0, 0.05) is 41.7 Å². The first kappa shape index (κ1) is 24.6. The zero-order chi connectivity index (χ0) is 28.8. The number of rotatable bonds is 2. The summed E-state index contributed by atoms with van der Waals surface area (Å²) in [6, 6.07) is 42.1. The molecule has 6 aromatic carbocycles. The molecular formula is C39H24N2S2. The highest BCUT2D eigenvalue weighted by Crippen LogP contribution is 2.48. The van der Waals surface area contributed by atoms with Crippen molar-refractivity contribution in [1.29, 1.82) is 5.26 Å². The molecule has 9 rings (SSSR count). The van der Waals surface area contributed by atoms with Crippen molar-refractivity contribution in [1.82, 2.24) is 4.57 Å². The molecule has 0 radical (unpaired) electrons. The third-order valence-corrected chi connectivity index (χ3v) is 11.2. The second-order valence-electron chi connectivity index (χ2n) is 11.4. The van der Waals surface area contributed by atoms with E-state index in [0.29, 0.717) is 0 Å². The van der Waals surface area contributed by atoms with Crippen LogP contribution in [-0.4, -0.2) is 4.57 Å². The minimum atomic E-state index is 0.724. The van der Waals surface area contributed by atoms with Crippen molar-refractivity contribution in [2.75, 3.05) is 0 Å². The van der Waals surface area contributed by atoms with E-state index in [1.165, 1.54) is 74.3 Å². The summed E-state index contributed by atoms with van der Waals surface area (Å²) < 4.78 is 7.24. The van der Waals surface area contributed by atoms with E-state index in [2.05, 4.69) is 128 Å². The van der Waals surface area contributed by atoms with Crippen LogP contribution in [-0.2, 0) is 0 Å². The molecule has 0 aliphatic heterocycles. The van der Waals surface area contributed by atoms with Crippen LogP contribution in [0.15, 0.2) is 109 Å². The fourth-order valence-corrected chi connectivity index (χ4v) is 9.31. The van der Waals surface area contributed by atoms with Crippen molar-refractivity contribution in [2.24, 2.45) is 0 Å². The molecule has 0 unspecified atom stereocenters. The number of aromatic nitrogens is 1. The van der Waals surface area contributed by atoms with Crippen molar-refractivity contribution in [3.63, 3.8) is 0 Å². The van der Waals surface area contributed by atoms with Crippen LogP contribution in [0.3, 0.4) is 0 Å². The van der Waals surface area contributed by atoms with Gasteiger partial charge in [-0.15, -0.1) is 22.7 Å². The second kappa shape index (κ2) is 9.02. The molecular weight excluding hydrogens is 561 g/mol. The SMILES string of the molecule is Cc1ccc2c(c1)c1cc(C)ccc1n2-c1cccc2c1sc1c(C#N)ccc(-c3cccc4sc5ccccc5c34)c12. The van der Waals surface area contributed by atoms with Gasteiger partial charge in [-0.05, 0) is 73.5 Å². The molecule has 202 valence electrons. The minimum absolute atomic E-state index is 0.724. The van der Waals surface area contributed by atoms with E-state index in [9.17, 15) is 5.26 Å². The Bertz CT molecular complexity index is 2600. The maximum atomic E-state index is 10.2. The Morgan fingerprint density at radius 2 is 1.23 bits per heavy atom. The number of nitriles is 1. The maximum absolute atomic E-state index is 10.2. The lowest BCUT2D eigenvalue weighted by Crippen LogP contribution is -1.94. The molecule has 0 spiro atoms. The molecule has 0 fully saturated rings. The molecule has 4 heteroatoms. The molecule has 0 bridgehead atoms. The van der Waals surface area contributed by atoms with Gasteiger partial charge in [0.15, 0.2) is 0 Å². The first-order valence-electron chi connectivity index (χ1n) is 14.4. The Labute approximate surface area is 256 Å². The zero-order valence-electron chi connectivity index (χ0n) is 23.6. The number of thiophene rings is 2. The number of nitrogens with zero attached hydrogens (tertiary/aromatic N) is 2. The summed E-state index contributed by atoms with van der Waals surface area (Å²) in [5, 5.41) is 17.7. The molecule has 0 amide bonds. The van der Waals surface area contributed by atoms with Gasteiger partial charge in [0.2, 0.25) is 0 Å². The van der Waals surface area contributed by atoms with Crippen LogP contribution in [0, 0.1) is 25.2 Å². The predicted octanol–water partition coefficient (Wildman–Crippen LogP) is 11.7. The number of hydrogen-bond donors (Lipinski definition) is 0. The van der Waals surface area contributed by atoms with Gasteiger partial charge in [-0.25, -0.2) is 0 Å². The summed E-state index contributed by atoms with van der Waals surface area (Å²) in [6.45, 7) is 4.32. The number of fused-ring (bicyclic) bond motifs is 9. The minimum Gasteiger partial charge on any atom is -0.308 e. The first-order chi connectivity index (χ1) is 21.1. The van der Waals surface area contributed by atoms with Crippen molar-refractivity contribution in [3.05, 3.63) is 126 Å². The van der Waals surface area contributed by atoms with Crippen LogP contribution in [0.25, 0.3) is 79.0 Å². The second-order valence-corrected chi connectivity index (χ2v) is 13.5. The molecule has 0 N–H and O–H groups in total. The van der Waals surface area contributed by atoms with Gasteiger partial charge in [-0.2, -0.15) is 5.26 Å². The summed E-state index contributed by atoms with van der Waals surface area (Å²) in [7, 11) is 0. The lowest BCUT2D eigenvalue weighted by Gasteiger charge is -2.10. The van der Waals surface area contributed by atoms with Crippen LogP contribution in [0.4, 0.5) is 0 Å². The summed E-state index contributed by atoms with van der Waals surface area (Å²) in [6.07, 6.45) is 0. The molecule has 0 aliphatic rings. The summed E-state index contributed by atoms with van der Waals surface area (Å²) in [5.41, 5.74) is 9.19. The van der Waals surface area contributed by atoms with E-state index in [-0.39, 0.29) is 0 Å². The van der Waals surface area contributed by atoms with E-state index < -0.39 is 0 Å². The van der Waals surface area contributed by atoms with Crippen molar-refractivity contribution < 1.29 is 0 Å². The van der Waals surface area contributed by atoms with Gasteiger partial charge in [0.25, 0.3) is 0 Å². The first-order valence-corrected chi connectivity index (χ1v) is 16.0. The standard InChI is InChI=1S/C39H24N2S2/c1-22-13-17-31-29(19-22)30-20-23(2)14-18-32(30)41(31)33-10-5-9-28-37-26(16-15-24(21-40)38(37)43-39(28)33)25-8-6-12-35-36(25)27-7-3-4-11-34(27)42-35/h3-20H,1-2H3. The van der Waals surface area contributed by atoms with E-state index in [1.54, 1.807) is 11.3 Å². The van der Waals surface area contributed by atoms with Crippen LogP contribution >= 0.6 is 22.7 Å². The smallest absolute Gasteiger partial charge is 0.101 e. The number of benzene rings is 6. The quantitative estimate of drug-likeness (QED) is 0.199. The Morgan fingerprint density at radius 1 is 0.558 bits per heavy atom. The molecule has 0 saturated heterocycles. The van der Waals surface area contributed by atoms with Crippen LogP contribution in [0.5, 0.6) is 0 Å². The average Bonchev–Trinajstić information content (AvgIpc) is 3.70. The molecule has 0 saturated carbocycles. The molecule has 2 nitrogen and oxygen atoms in total.